The molecule has 0 amide bonds. The van der Waals surface area contributed by atoms with E-state index in [1.165, 1.54) is 25.9 Å². The van der Waals surface area contributed by atoms with Crippen molar-refractivity contribution in [1.29, 1.82) is 0 Å². The Morgan fingerprint density at radius 2 is 1.87 bits per heavy atom. The van der Waals surface area contributed by atoms with Gasteiger partial charge in [0.2, 0.25) is 0 Å². The van der Waals surface area contributed by atoms with Gasteiger partial charge < -0.3 is 20.3 Å². The van der Waals surface area contributed by atoms with E-state index in [9.17, 15) is 0 Å². The lowest BCUT2D eigenvalue weighted by atomic mass is 10.2. The molecular formula is C23H40IN5O. The van der Waals surface area contributed by atoms with Crippen molar-refractivity contribution >= 4 is 29.9 Å². The van der Waals surface area contributed by atoms with Crippen LogP contribution in [0.2, 0.25) is 0 Å². The van der Waals surface area contributed by atoms with Gasteiger partial charge in [-0.3, -0.25) is 4.90 Å². The Balaban J connectivity index is 0.00000320. The third kappa shape index (κ3) is 8.23. The molecule has 2 fully saturated rings. The molecule has 2 N–H and O–H groups in total. The Bertz CT molecular complexity index is 644. The summed E-state index contributed by atoms with van der Waals surface area (Å²) in [6.45, 7) is 15.7. The molecule has 7 heteroatoms. The van der Waals surface area contributed by atoms with Crippen molar-refractivity contribution in [2.45, 2.75) is 46.2 Å². The maximum atomic E-state index is 6.03. The maximum Gasteiger partial charge on any atom is 0.191 e. The topological polar surface area (TPSA) is 52.1 Å². The molecule has 1 aromatic rings. The van der Waals surface area contributed by atoms with Gasteiger partial charge in [-0.15, -0.1) is 24.0 Å². The summed E-state index contributed by atoms with van der Waals surface area (Å²) in [5.74, 6) is 2.61. The van der Waals surface area contributed by atoms with Crippen LogP contribution in [0.25, 0.3) is 0 Å². The van der Waals surface area contributed by atoms with E-state index in [1.807, 2.05) is 6.07 Å². The van der Waals surface area contributed by atoms with Gasteiger partial charge in [0.15, 0.2) is 5.96 Å². The number of benzene rings is 1. The molecule has 3 rings (SSSR count). The van der Waals surface area contributed by atoms with Crippen molar-refractivity contribution in [3.8, 4) is 5.75 Å². The highest BCUT2D eigenvalue weighted by atomic mass is 127. The molecule has 2 aliphatic rings. The van der Waals surface area contributed by atoms with Crippen molar-refractivity contribution in [2.75, 3.05) is 52.4 Å². The average Bonchev–Trinajstić information content (AvgIpc) is 3.59. The number of nitrogens with one attached hydrogen (secondary N) is 2. The summed E-state index contributed by atoms with van der Waals surface area (Å²) in [7, 11) is 0. The number of guanidine groups is 1. The van der Waals surface area contributed by atoms with Crippen LogP contribution in [0.4, 0.5) is 0 Å². The van der Waals surface area contributed by atoms with Crippen molar-refractivity contribution in [2.24, 2.45) is 10.9 Å². The fourth-order valence-corrected chi connectivity index (χ4v) is 3.67. The van der Waals surface area contributed by atoms with E-state index in [-0.39, 0.29) is 24.0 Å². The first-order valence-corrected chi connectivity index (χ1v) is 11.4. The van der Waals surface area contributed by atoms with E-state index in [0.29, 0.717) is 12.6 Å². The summed E-state index contributed by atoms with van der Waals surface area (Å²) in [6.07, 6.45) is 2.61. The van der Waals surface area contributed by atoms with E-state index < -0.39 is 0 Å². The highest BCUT2D eigenvalue weighted by Gasteiger charge is 2.22. The Kier molecular flexibility index (Phi) is 11.2. The van der Waals surface area contributed by atoms with E-state index in [4.69, 9.17) is 9.73 Å². The number of piperazine rings is 1. The quantitative estimate of drug-likeness (QED) is 0.277. The highest BCUT2D eigenvalue weighted by molar-refractivity contribution is 14.0. The lowest BCUT2D eigenvalue weighted by Crippen LogP contribution is -2.53. The van der Waals surface area contributed by atoms with Gasteiger partial charge in [-0.05, 0) is 45.2 Å². The zero-order valence-electron chi connectivity index (χ0n) is 18.9. The second-order valence-electron chi connectivity index (χ2n) is 8.26. The molecule has 1 aliphatic heterocycles. The molecule has 1 aliphatic carbocycles. The standard InChI is InChI=1S/C23H39N5O.HI/c1-4-24-23(25-16-19(3)28-14-12-27(5-2)13-15-28)26-17-21-8-6-7-9-22(21)29-18-20-10-11-20;/h6-9,19-20H,4-5,10-18H2,1-3H3,(H2,24,25,26);1H. The van der Waals surface area contributed by atoms with Crippen molar-refractivity contribution in [1.82, 2.24) is 20.4 Å². The molecule has 1 heterocycles. The third-order valence-electron chi connectivity index (χ3n) is 5.94. The van der Waals surface area contributed by atoms with Crippen molar-refractivity contribution < 1.29 is 4.74 Å². The zero-order valence-corrected chi connectivity index (χ0v) is 21.2. The predicted molar refractivity (Wildman–Crippen MR) is 136 cm³/mol. The molecule has 0 spiro atoms. The van der Waals surface area contributed by atoms with Gasteiger partial charge in [0.25, 0.3) is 0 Å². The average molecular weight is 530 g/mol. The van der Waals surface area contributed by atoms with E-state index >= 15 is 0 Å². The van der Waals surface area contributed by atoms with Crippen molar-refractivity contribution in [3.63, 3.8) is 0 Å². The number of halogens is 1. The zero-order chi connectivity index (χ0) is 20.5. The molecule has 30 heavy (non-hydrogen) atoms. The summed E-state index contributed by atoms with van der Waals surface area (Å²) in [5.41, 5.74) is 1.15. The number of nitrogens with zero attached hydrogens (tertiary/aromatic N) is 3. The molecule has 1 saturated heterocycles. The van der Waals surface area contributed by atoms with Crippen molar-refractivity contribution in [3.05, 3.63) is 29.8 Å². The summed E-state index contributed by atoms with van der Waals surface area (Å²) >= 11 is 0. The predicted octanol–water partition coefficient (Wildman–Crippen LogP) is 3.17. The van der Waals surface area contributed by atoms with Gasteiger partial charge in [-0.2, -0.15) is 0 Å². The Labute approximate surface area is 199 Å². The molecule has 0 radical (unpaired) electrons. The smallest absolute Gasteiger partial charge is 0.191 e. The molecule has 0 bridgehead atoms. The number of aliphatic imine (C=N–C) groups is 1. The van der Waals surface area contributed by atoms with Gasteiger partial charge in [-0.1, -0.05) is 25.1 Å². The Morgan fingerprint density at radius 3 is 2.53 bits per heavy atom. The number of hydrogen-bond donors (Lipinski definition) is 2. The van der Waals surface area contributed by atoms with Crippen LogP contribution in [0.1, 0.15) is 39.2 Å². The molecule has 1 aromatic carbocycles. The number of rotatable bonds is 10. The van der Waals surface area contributed by atoms with Crippen LogP contribution in [0.3, 0.4) is 0 Å². The van der Waals surface area contributed by atoms with Crippen LogP contribution in [0.5, 0.6) is 5.75 Å². The van der Waals surface area contributed by atoms with Crippen LogP contribution in [0.15, 0.2) is 29.3 Å². The summed E-state index contributed by atoms with van der Waals surface area (Å²) in [6, 6.07) is 8.77. The maximum absolute atomic E-state index is 6.03. The van der Waals surface area contributed by atoms with Crippen LogP contribution >= 0.6 is 24.0 Å². The fraction of sp³-hybridized carbons (Fsp3) is 0.696. The molecule has 1 unspecified atom stereocenters. The van der Waals surface area contributed by atoms with Crippen LogP contribution < -0.4 is 15.4 Å². The first-order valence-electron chi connectivity index (χ1n) is 11.4. The monoisotopic (exact) mass is 529 g/mol. The Hall–Kier alpha value is -1.06. The van der Waals surface area contributed by atoms with E-state index in [0.717, 1.165) is 62.5 Å². The largest absolute Gasteiger partial charge is 0.493 e. The third-order valence-corrected chi connectivity index (χ3v) is 5.94. The molecule has 1 saturated carbocycles. The Morgan fingerprint density at radius 1 is 1.13 bits per heavy atom. The summed E-state index contributed by atoms with van der Waals surface area (Å²) in [4.78, 5) is 9.91. The summed E-state index contributed by atoms with van der Waals surface area (Å²) in [5, 5.41) is 6.91. The van der Waals surface area contributed by atoms with Gasteiger partial charge in [-0.25, -0.2) is 4.99 Å². The first-order chi connectivity index (χ1) is 14.2. The number of para-hydroxylation sites is 1. The number of likely N-dealkylation sites (N-methyl/N-ethyl adjacent to an activating group) is 1. The minimum atomic E-state index is 0. The van der Waals surface area contributed by atoms with Crippen LogP contribution in [0, 0.1) is 5.92 Å². The van der Waals surface area contributed by atoms with E-state index in [2.05, 4.69) is 59.4 Å². The first kappa shape index (κ1) is 25.2. The second kappa shape index (κ2) is 13.4. The second-order valence-corrected chi connectivity index (χ2v) is 8.26. The molecule has 6 nitrogen and oxygen atoms in total. The lowest BCUT2D eigenvalue weighted by molar-refractivity contribution is 0.107. The SMILES string of the molecule is CCNC(=NCc1ccccc1OCC1CC1)NCC(C)N1CCN(CC)CC1.I. The molecule has 0 aromatic heterocycles. The van der Waals surface area contributed by atoms with Gasteiger partial charge in [0, 0.05) is 50.9 Å². The molecular weight excluding hydrogens is 489 g/mol. The van der Waals surface area contributed by atoms with Crippen LogP contribution in [-0.4, -0.2) is 74.2 Å². The van der Waals surface area contributed by atoms with Gasteiger partial charge in [0.1, 0.15) is 5.75 Å². The van der Waals surface area contributed by atoms with Gasteiger partial charge in [0.05, 0.1) is 13.2 Å². The lowest BCUT2D eigenvalue weighted by Gasteiger charge is -2.37. The minimum Gasteiger partial charge on any atom is -0.493 e. The van der Waals surface area contributed by atoms with Gasteiger partial charge >= 0.3 is 0 Å². The van der Waals surface area contributed by atoms with Crippen LogP contribution in [-0.2, 0) is 6.54 Å². The minimum absolute atomic E-state index is 0. The number of hydrogen-bond acceptors (Lipinski definition) is 4. The van der Waals surface area contributed by atoms with E-state index in [1.54, 1.807) is 0 Å². The summed E-state index contributed by atoms with van der Waals surface area (Å²) < 4.78 is 6.03. The normalized spacial score (nSPS) is 19.1. The molecule has 170 valence electrons. The molecule has 1 atom stereocenters. The fourth-order valence-electron chi connectivity index (χ4n) is 3.67. The highest BCUT2D eigenvalue weighted by Crippen LogP contribution is 2.30. The number of ether oxygens (including phenoxy) is 1.